The zero-order valence-corrected chi connectivity index (χ0v) is 14.1. The molecule has 0 fully saturated rings. The smallest absolute Gasteiger partial charge is 0.195 e. The molecule has 0 saturated carbocycles. The number of hydrogen-bond donors (Lipinski definition) is 0. The molecule has 0 saturated heterocycles. The van der Waals surface area contributed by atoms with E-state index in [-0.39, 0.29) is 0 Å². The van der Waals surface area contributed by atoms with Crippen LogP contribution in [0.2, 0.25) is 0 Å². The molecule has 1 unspecified atom stereocenters. The molecular formula is C15H26N4S. The molecule has 1 aliphatic rings. The van der Waals surface area contributed by atoms with Crippen LogP contribution >= 0.6 is 11.3 Å². The summed E-state index contributed by atoms with van der Waals surface area (Å²) in [5.41, 5.74) is 1.51. The van der Waals surface area contributed by atoms with E-state index in [0.29, 0.717) is 6.04 Å². The van der Waals surface area contributed by atoms with Crippen LogP contribution in [0.4, 0.5) is 0 Å². The maximum absolute atomic E-state index is 4.77. The predicted octanol–water partition coefficient (Wildman–Crippen LogP) is 1.97. The average molecular weight is 294 g/mol. The van der Waals surface area contributed by atoms with Crippen LogP contribution in [-0.4, -0.2) is 68.0 Å². The van der Waals surface area contributed by atoms with Crippen LogP contribution < -0.4 is 0 Å². The van der Waals surface area contributed by atoms with Crippen molar-refractivity contribution in [1.29, 1.82) is 0 Å². The Morgan fingerprint density at radius 1 is 1.35 bits per heavy atom. The van der Waals surface area contributed by atoms with E-state index < -0.39 is 0 Å². The second-order valence-electron chi connectivity index (χ2n) is 5.87. The molecule has 4 nitrogen and oxygen atoms in total. The Bertz CT molecular complexity index is 454. The first-order chi connectivity index (χ1) is 9.49. The number of guanidine groups is 1. The third kappa shape index (κ3) is 3.52. The van der Waals surface area contributed by atoms with Gasteiger partial charge in [-0.1, -0.05) is 0 Å². The Labute approximate surface area is 126 Å². The molecule has 20 heavy (non-hydrogen) atoms. The van der Waals surface area contributed by atoms with E-state index in [1.807, 2.05) is 39.5 Å². The van der Waals surface area contributed by atoms with Crippen molar-refractivity contribution in [3.05, 3.63) is 21.9 Å². The van der Waals surface area contributed by atoms with Gasteiger partial charge in [0.25, 0.3) is 0 Å². The van der Waals surface area contributed by atoms with Gasteiger partial charge in [0.05, 0.1) is 6.54 Å². The number of thiophene rings is 1. The van der Waals surface area contributed by atoms with Crippen LogP contribution in [0.25, 0.3) is 0 Å². The van der Waals surface area contributed by atoms with Crippen molar-refractivity contribution in [2.45, 2.75) is 25.9 Å². The van der Waals surface area contributed by atoms with Gasteiger partial charge in [0.1, 0.15) is 0 Å². The summed E-state index contributed by atoms with van der Waals surface area (Å²) >= 11 is 1.90. The van der Waals surface area contributed by atoms with Crippen LogP contribution in [0.3, 0.4) is 0 Å². The summed E-state index contributed by atoms with van der Waals surface area (Å²) in [5, 5.41) is 2.22. The molecule has 1 aliphatic heterocycles. The lowest BCUT2D eigenvalue weighted by atomic mass is 10.1. The number of aliphatic imine (C=N–C) groups is 1. The first-order valence-corrected chi connectivity index (χ1v) is 8.05. The highest BCUT2D eigenvalue weighted by atomic mass is 32.1. The minimum Gasteiger partial charge on any atom is -0.349 e. The summed E-state index contributed by atoms with van der Waals surface area (Å²) in [6, 6.07) is 2.76. The number of hydrogen-bond acceptors (Lipinski definition) is 3. The zero-order valence-electron chi connectivity index (χ0n) is 13.3. The fourth-order valence-electron chi connectivity index (χ4n) is 2.66. The van der Waals surface area contributed by atoms with Gasteiger partial charge in [0, 0.05) is 52.2 Å². The van der Waals surface area contributed by atoms with E-state index in [9.17, 15) is 0 Å². The molecular weight excluding hydrogens is 268 g/mol. The van der Waals surface area contributed by atoms with Gasteiger partial charge in [0.15, 0.2) is 5.96 Å². The van der Waals surface area contributed by atoms with Crippen molar-refractivity contribution in [2.75, 3.05) is 41.3 Å². The van der Waals surface area contributed by atoms with Gasteiger partial charge in [-0.2, -0.15) is 0 Å². The van der Waals surface area contributed by atoms with E-state index in [0.717, 1.165) is 25.6 Å². The van der Waals surface area contributed by atoms with Gasteiger partial charge in [-0.25, -0.2) is 0 Å². The van der Waals surface area contributed by atoms with Crippen LogP contribution in [0.1, 0.15) is 17.4 Å². The number of fused-ring (bicyclic) bond motifs is 1. The second kappa shape index (κ2) is 6.59. The van der Waals surface area contributed by atoms with Crippen molar-refractivity contribution >= 4 is 17.3 Å². The SMILES string of the molecule is CC(CN=C(N(C)C)N(C)C)N1CCc2sccc2C1. The number of rotatable bonds is 3. The largest absolute Gasteiger partial charge is 0.349 e. The molecule has 0 spiro atoms. The molecule has 0 radical (unpaired) electrons. The quantitative estimate of drug-likeness (QED) is 0.628. The van der Waals surface area contributed by atoms with Crippen LogP contribution in [0.5, 0.6) is 0 Å². The van der Waals surface area contributed by atoms with Crippen molar-refractivity contribution < 1.29 is 0 Å². The summed E-state index contributed by atoms with van der Waals surface area (Å²) in [6.45, 7) is 5.37. The minimum atomic E-state index is 0.484. The van der Waals surface area contributed by atoms with Crippen molar-refractivity contribution in [1.82, 2.24) is 14.7 Å². The summed E-state index contributed by atoms with van der Waals surface area (Å²) in [5.74, 6) is 1.03. The lowest BCUT2D eigenvalue weighted by molar-refractivity contribution is 0.196. The van der Waals surface area contributed by atoms with Gasteiger partial charge in [0.2, 0.25) is 0 Å². The van der Waals surface area contributed by atoms with Crippen molar-refractivity contribution in [3.63, 3.8) is 0 Å². The highest BCUT2D eigenvalue weighted by molar-refractivity contribution is 7.10. The Hall–Kier alpha value is -1.07. The number of nitrogens with zero attached hydrogens (tertiary/aromatic N) is 4. The monoisotopic (exact) mass is 294 g/mol. The average Bonchev–Trinajstić information content (AvgIpc) is 2.84. The van der Waals surface area contributed by atoms with Gasteiger partial charge in [-0.3, -0.25) is 9.89 Å². The summed E-state index contributed by atoms with van der Waals surface area (Å²) in [7, 11) is 8.17. The molecule has 2 rings (SSSR count). The Morgan fingerprint density at radius 2 is 2.05 bits per heavy atom. The summed E-state index contributed by atoms with van der Waals surface area (Å²) in [4.78, 5) is 13.0. The Morgan fingerprint density at radius 3 is 2.70 bits per heavy atom. The molecule has 0 bridgehead atoms. The summed E-state index contributed by atoms with van der Waals surface area (Å²) in [6.07, 6.45) is 1.19. The van der Waals surface area contributed by atoms with Crippen LogP contribution in [0.15, 0.2) is 16.4 Å². The first kappa shape index (κ1) is 15.3. The lowest BCUT2D eigenvalue weighted by Gasteiger charge is -2.32. The third-order valence-electron chi connectivity index (χ3n) is 3.76. The first-order valence-electron chi connectivity index (χ1n) is 7.17. The zero-order chi connectivity index (χ0) is 14.7. The van der Waals surface area contributed by atoms with Gasteiger partial charge < -0.3 is 9.80 Å². The molecule has 5 heteroatoms. The van der Waals surface area contributed by atoms with Gasteiger partial charge in [-0.15, -0.1) is 11.3 Å². The van der Waals surface area contributed by atoms with E-state index in [4.69, 9.17) is 4.99 Å². The molecule has 2 heterocycles. The lowest BCUT2D eigenvalue weighted by Crippen LogP contribution is -2.40. The molecule has 1 atom stereocenters. The van der Waals surface area contributed by atoms with E-state index in [1.165, 1.54) is 12.0 Å². The molecule has 1 aromatic rings. The van der Waals surface area contributed by atoms with Crippen LogP contribution in [-0.2, 0) is 13.0 Å². The standard InChI is InChI=1S/C15H26N4S/c1-12(10-16-15(17(2)3)18(4)5)19-8-6-14-13(11-19)7-9-20-14/h7,9,12H,6,8,10-11H2,1-5H3. The van der Waals surface area contributed by atoms with Crippen molar-refractivity contribution in [3.8, 4) is 0 Å². The fourth-order valence-corrected chi connectivity index (χ4v) is 3.55. The molecule has 1 aromatic heterocycles. The Kier molecular flexibility index (Phi) is 5.05. The summed E-state index contributed by atoms with van der Waals surface area (Å²) < 4.78 is 0. The third-order valence-corrected chi connectivity index (χ3v) is 4.78. The maximum atomic E-state index is 4.77. The van der Waals surface area contributed by atoms with Crippen LogP contribution in [0, 0.1) is 0 Å². The molecule has 0 aromatic carbocycles. The molecule has 112 valence electrons. The predicted molar refractivity (Wildman–Crippen MR) is 87.6 cm³/mol. The topological polar surface area (TPSA) is 22.1 Å². The highest BCUT2D eigenvalue weighted by Gasteiger charge is 2.21. The molecule has 0 aliphatic carbocycles. The highest BCUT2D eigenvalue weighted by Crippen LogP contribution is 2.25. The fraction of sp³-hybridized carbons (Fsp3) is 0.667. The minimum absolute atomic E-state index is 0.484. The Balaban J connectivity index is 1.96. The van der Waals surface area contributed by atoms with E-state index in [2.05, 4.69) is 33.1 Å². The molecule has 0 amide bonds. The van der Waals surface area contributed by atoms with E-state index >= 15 is 0 Å². The normalized spacial score (nSPS) is 16.4. The molecule has 0 N–H and O–H groups in total. The van der Waals surface area contributed by atoms with Gasteiger partial charge in [-0.05, 0) is 30.4 Å². The second-order valence-corrected chi connectivity index (χ2v) is 6.87. The van der Waals surface area contributed by atoms with E-state index in [1.54, 1.807) is 4.88 Å². The van der Waals surface area contributed by atoms with Crippen molar-refractivity contribution in [2.24, 2.45) is 4.99 Å². The maximum Gasteiger partial charge on any atom is 0.195 e. The van der Waals surface area contributed by atoms with Gasteiger partial charge >= 0.3 is 0 Å².